The van der Waals surface area contributed by atoms with Gasteiger partial charge in [0.05, 0.1) is 0 Å². The van der Waals surface area contributed by atoms with Crippen molar-refractivity contribution in [1.29, 1.82) is 0 Å². The summed E-state index contributed by atoms with van der Waals surface area (Å²) in [6.45, 7) is 2.24. The van der Waals surface area contributed by atoms with Crippen molar-refractivity contribution in [2.24, 2.45) is 7.05 Å². The molecular weight excluding hydrogens is 376 g/mol. The molecule has 148 valence electrons. The van der Waals surface area contributed by atoms with Crippen LogP contribution in [0.1, 0.15) is 32.6 Å². The van der Waals surface area contributed by atoms with E-state index in [9.17, 15) is 9.90 Å². The minimum absolute atomic E-state index is 0.0989. The first-order valence-electron chi connectivity index (χ1n) is 9.54. The Labute approximate surface area is 169 Å². The zero-order valence-corrected chi connectivity index (χ0v) is 16.9. The van der Waals surface area contributed by atoms with Gasteiger partial charge in [0.25, 0.3) is 5.56 Å². The van der Waals surface area contributed by atoms with Gasteiger partial charge in [0.15, 0.2) is 0 Å². The summed E-state index contributed by atoms with van der Waals surface area (Å²) in [7, 11) is 1.70. The van der Waals surface area contributed by atoms with E-state index in [1.54, 1.807) is 25.4 Å². The smallest absolute Gasteiger partial charge is 0.259 e. The third kappa shape index (κ3) is 4.34. The number of aryl methyl sites for hydroxylation is 1. The summed E-state index contributed by atoms with van der Waals surface area (Å²) in [5, 5.41) is 13.9. The molecule has 0 aliphatic heterocycles. The molecule has 0 saturated heterocycles. The van der Waals surface area contributed by atoms with Gasteiger partial charge in [-0.3, -0.25) is 9.36 Å². The summed E-state index contributed by atoms with van der Waals surface area (Å²) < 4.78 is 1.52. The predicted molar refractivity (Wildman–Crippen MR) is 114 cm³/mol. The molecule has 0 aliphatic rings. The van der Waals surface area contributed by atoms with Crippen molar-refractivity contribution in [1.82, 2.24) is 14.5 Å². The molecule has 2 heterocycles. The van der Waals surface area contributed by atoms with Crippen LogP contribution in [0, 0.1) is 0 Å². The Kier molecular flexibility index (Phi) is 6.65. The molecule has 0 bridgehead atoms. The van der Waals surface area contributed by atoms with E-state index >= 15 is 0 Å². The van der Waals surface area contributed by atoms with Crippen molar-refractivity contribution < 1.29 is 5.11 Å². The SMILES string of the molecule is CCCCC(CCO)Nc1ncc2cc(-c3ccccc3Cl)c(=O)n(C)c2n1. The number of nitrogens with zero attached hydrogens (tertiary/aromatic N) is 3. The Bertz CT molecular complexity index is 1020. The summed E-state index contributed by atoms with van der Waals surface area (Å²) in [4.78, 5) is 21.9. The van der Waals surface area contributed by atoms with Crippen LogP contribution >= 0.6 is 11.6 Å². The second kappa shape index (κ2) is 9.17. The number of pyridine rings is 1. The number of unbranched alkanes of at least 4 members (excludes halogenated alkanes) is 1. The van der Waals surface area contributed by atoms with E-state index in [0.717, 1.165) is 24.6 Å². The van der Waals surface area contributed by atoms with Gasteiger partial charge in [-0.25, -0.2) is 4.98 Å². The van der Waals surface area contributed by atoms with Crippen molar-refractivity contribution in [3.05, 3.63) is 51.9 Å². The van der Waals surface area contributed by atoms with Gasteiger partial charge in [-0.1, -0.05) is 49.6 Å². The molecule has 2 N–H and O–H groups in total. The van der Waals surface area contributed by atoms with Gasteiger partial charge in [-0.15, -0.1) is 0 Å². The number of hydrogen-bond acceptors (Lipinski definition) is 5. The molecule has 0 aliphatic carbocycles. The second-order valence-electron chi connectivity index (χ2n) is 6.87. The highest BCUT2D eigenvalue weighted by Crippen LogP contribution is 2.27. The van der Waals surface area contributed by atoms with Crippen molar-refractivity contribution in [3.63, 3.8) is 0 Å². The lowest BCUT2D eigenvalue weighted by molar-refractivity contribution is 0.276. The first-order valence-corrected chi connectivity index (χ1v) is 9.92. The maximum absolute atomic E-state index is 12.9. The molecule has 3 rings (SSSR count). The molecule has 2 aromatic heterocycles. The van der Waals surface area contributed by atoms with E-state index in [-0.39, 0.29) is 18.2 Å². The largest absolute Gasteiger partial charge is 0.396 e. The predicted octanol–water partition coefficient (Wildman–Crippen LogP) is 4.00. The maximum Gasteiger partial charge on any atom is 0.259 e. The molecule has 0 fully saturated rings. The van der Waals surface area contributed by atoms with Crippen LogP contribution in [0.5, 0.6) is 0 Å². The number of nitrogens with one attached hydrogen (secondary N) is 1. The van der Waals surface area contributed by atoms with Crippen molar-refractivity contribution in [2.75, 3.05) is 11.9 Å². The van der Waals surface area contributed by atoms with Crippen molar-refractivity contribution in [3.8, 4) is 11.1 Å². The zero-order chi connectivity index (χ0) is 20.1. The average molecular weight is 401 g/mol. The lowest BCUT2D eigenvalue weighted by Crippen LogP contribution is -2.24. The molecule has 1 atom stereocenters. The number of fused-ring (bicyclic) bond motifs is 1. The van der Waals surface area contributed by atoms with Crippen LogP contribution in [-0.4, -0.2) is 32.3 Å². The van der Waals surface area contributed by atoms with E-state index in [1.807, 2.05) is 18.2 Å². The fourth-order valence-corrected chi connectivity index (χ4v) is 3.50. The lowest BCUT2D eigenvalue weighted by Gasteiger charge is -2.18. The number of aliphatic hydroxyl groups is 1. The van der Waals surface area contributed by atoms with Gasteiger partial charge in [0.2, 0.25) is 5.95 Å². The summed E-state index contributed by atoms with van der Waals surface area (Å²) in [5.74, 6) is 0.461. The fraction of sp³-hybridized carbons (Fsp3) is 0.381. The summed E-state index contributed by atoms with van der Waals surface area (Å²) in [6.07, 6.45) is 5.42. The summed E-state index contributed by atoms with van der Waals surface area (Å²) in [6, 6.07) is 9.16. The van der Waals surface area contributed by atoms with Gasteiger partial charge in [0, 0.05) is 47.4 Å². The van der Waals surface area contributed by atoms with Crippen LogP contribution in [0.3, 0.4) is 0 Å². The number of aromatic nitrogens is 3. The van der Waals surface area contributed by atoms with Crippen LogP contribution in [0.2, 0.25) is 5.02 Å². The zero-order valence-electron chi connectivity index (χ0n) is 16.2. The lowest BCUT2D eigenvalue weighted by atomic mass is 10.1. The third-order valence-corrected chi connectivity index (χ3v) is 5.16. The Hall–Kier alpha value is -2.44. The van der Waals surface area contributed by atoms with Crippen LogP contribution in [-0.2, 0) is 7.05 Å². The quantitative estimate of drug-likeness (QED) is 0.597. The molecule has 28 heavy (non-hydrogen) atoms. The van der Waals surface area contributed by atoms with Gasteiger partial charge in [-0.05, 0) is 25.0 Å². The standard InChI is InChI=1S/C21H25ClN4O2/c1-3-4-7-15(10-11-27)24-21-23-13-14-12-17(16-8-5-6-9-18(16)22)20(28)26(2)19(14)25-21/h5-6,8-9,12-13,15,27H,3-4,7,10-11H2,1-2H3,(H,23,24,25). The second-order valence-corrected chi connectivity index (χ2v) is 7.28. The molecule has 7 heteroatoms. The molecule has 1 unspecified atom stereocenters. The third-order valence-electron chi connectivity index (χ3n) is 4.83. The van der Waals surface area contributed by atoms with Crippen molar-refractivity contribution in [2.45, 2.75) is 38.6 Å². The van der Waals surface area contributed by atoms with Crippen LogP contribution < -0.4 is 10.9 Å². The Morgan fingerprint density at radius 2 is 2.04 bits per heavy atom. The van der Waals surface area contributed by atoms with Crippen LogP contribution in [0.15, 0.2) is 41.3 Å². The monoisotopic (exact) mass is 400 g/mol. The fourth-order valence-electron chi connectivity index (χ4n) is 3.27. The molecule has 1 aromatic carbocycles. The molecule has 3 aromatic rings. The van der Waals surface area contributed by atoms with Crippen molar-refractivity contribution >= 4 is 28.6 Å². The maximum atomic E-state index is 12.9. The number of benzene rings is 1. The number of rotatable bonds is 8. The number of hydrogen-bond donors (Lipinski definition) is 2. The highest BCUT2D eigenvalue weighted by Gasteiger charge is 2.14. The minimum atomic E-state index is -0.164. The molecule has 0 radical (unpaired) electrons. The van der Waals surface area contributed by atoms with E-state index in [4.69, 9.17) is 11.6 Å². The minimum Gasteiger partial charge on any atom is -0.396 e. The van der Waals surface area contributed by atoms with Gasteiger partial charge in [0.1, 0.15) is 5.65 Å². The number of aliphatic hydroxyl groups excluding tert-OH is 1. The Morgan fingerprint density at radius 1 is 1.25 bits per heavy atom. The molecule has 6 nitrogen and oxygen atoms in total. The molecule has 0 saturated carbocycles. The first-order chi connectivity index (χ1) is 13.5. The normalized spacial score (nSPS) is 12.3. The summed E-state index contributed by atoms with van der Waals surface area (Å²) in [5.41, 5.74) is 1.60. The number of halogens is 1. The van der Waals surface area contributed by atoms with Gasteiger partial charge in [-0.2, -0.15) is 4.98 Å². The topological polar surface area (TPSA) is 80.0 Å². The molecule has 0 spiro atoms. The van der Waals surface area contributed by atoms with E-state index in [2.05, 4.69) is 22.2 Å². The molecule has 0 amide bonds. The van der Waals surface area contributed by atoms with Gasteiger partial charge >= 0.3 is 0 Å². The highest BCUT2D eigenvalue weighted by molar-refractivity contribution is 6.33. The van der Waals surface area contributed by atoms with E-state index in [1.165, 1.54) is 4.57 Å². The average Bonchev–Trinajstić information content (AvgIpc) is 2.70. The number of anilines is 1. The van der Waals surface area contributed by atoms with Gasteiger partial charge < -0.3 is 10.4 Å². The summed E-state index contributed by atoms with van der Waals surface area (Å²) >= 11 is 6.28. The first kappa shape index (κ1) is 20.3. The van der Waals surface area contributed by atoms with E-state index < -0.39 is 0 Å². The van der Waals surface area contributed by atoms with Crippen LogP contribution in [0.25, 0.3) is 22.2 Å². The Morgan fingerprint density at radius 3 is 2.75 bits per heavy atom. The molecular formula is C21H25ClN4O2. The highest BCUT2D eigenvalue weighted by atomic mass is 35.5. The van der Waals surface area contributed by atoms with Crippen LogP contribution in [0.4, 0.5) is 5.95 Å². The Balaban J connectivity index is 1.99. The van der Waals surface area contributed by atoms with E-state index in [0.29, 0.717) is 34.2 Å².